The number of carbonyl (C=O) groups is 3. The summed E-state index contributed by atoms with van der Waals surface area (Å²) in [7, 11) is 0. The molecule has 0 amide bonds. The zero-order valence-corrected chi connectivity index (χ0v) is 20.6. The van der Waals surface area contributed by atoms with Crippen LogP contribution in [-0.2, 0) is 19.1 Å². The molecule has 2 unspecified atom stereocenters. The molecule has 3 fully saturated rings. The quantitative estimate of drug-likeness (QED) is 0.435. The molecule has 4 aliphatic rings. The van der Waals surface area contributed by atoms with Crippen molar-refractivity contribution in [1.29, 1.82) is 0 Å². The summed E-state index contributed by atoms with van der Waals surface area (Å²) in [4.78, 5) is 34.9. The molecule has 0 aromatic heterocycles. The first-order valence-electron chi connectivity index (χ1n) is 11.3. The smallest absolute Gasteiger partial charge is 0.395 e. The van der Waals surface area contributed by atoms with Gasteiger partial charge in [-0.05, 0) is 55.2 Å². The molecule has 34 heavy (non-hydrogen) atoms. The largest absolute Gasteiger partial charge is 0.458 e. The van der Waals surface area contributed by atoms with Gasteiger partial charge in [0.05, 0.1) is 16.2 Å². The lowest BCUT2D eigenvalue weighted by molar-refractivity contribution is -0.192. The van der Waals surface area contributed by atoms with E-state index in [0.29, 0.717) is 0 Å². The molecular formula is C24H27Cl2F3O5. The minimum absolute atomic E-state index is 0.00572. The van der Waals surface area contributed by atoms with Gasteiger partial charge in [0.25, 0.3) is 0 Å². The Balaban J connectivity index is 1.81. The van der Waals surface area contributed by atoms with Crippen LogP contribution in [0, 0.1) is 28.6 Å². The number of allylic oxidation sites excluding steroid dienone is 4. The summed E-state index contributed by atoms with van der Waals surface area (Å²) in [6.07, 6.45) is -0.968. The van der Waals surface area contributed by atoms with Gasteiger partial charge >= 0.3 is 12.1 Å². The average molecular weight is 523 g/mol. The second-order valence-electron chi connectivity index (χ2n) is 10.5. The first kappa shape index (κ1) is 25.7. The van der Waals surface area contributed by atoms with Gasteiger partial charge < -0.3 is 9.84 Å². The average Bonchev–Trinajstić information content (AvgIpc) is 2.98. The third-order valence-electron chi connectivity index (χ3n) is 9.07. The lowest BCUT2D eigenvalue weighted by Gasteiger charge is -2.65. The Morgan fingerprint density at radius 3 is 2.50 bits per heavy atom. The first-order valence-corrected chi connectivity index (χ1v) is 12.1. The monoisotopic (exact) mass is 522 g/mol. The van der Waals surface area contributed by atoms with Crippen LogP contribution in [0.25, 0.3) is 0 Å². The normalized spacial score (nSPS) is 45.7. The van der Waals surface area contributed by atoms with Gasteiger partial charge in [0.2, 0.25) is 5.78 Å². The third-order valence-corrected chi connectivity index (χ3v) is 10.6. The van der Waals surface area contributed by atoms with E-state index < -0.39 is 81.2 Å². The number of Topliss-reactive ketones (excluding diaryl/α,β-unsaturated/α-hetero) is 1. The molecule has 10 heteroatoms. The number of rotatable bonds is 3. The van der Waals surface area contributed by atoms with Crippen molar-refractivity contribution in [1.82, 2.24) is 0 Å². The van der Waals surface area contributed by atoms with Crippen LogP contribution in [0.1, 0.15) is 46.5 Å². The van der Waals surface area contributed by atoms with E-state index in [1.54, 1.807) is 13.8 Å². The van der Waals surface area contributed by atoms with Gasteiger partial charge in [-0.3, -0.25) is 14.4 Å². The van der Waals surface area contributed by atoms with E-state index in [1.807, 2.05) is 0 Å². The maximum Gasteiger partial charge on any atom is 0.395 e. The highest BCUT2D eigenvalue weighted by Crippen LogP contribution is 2.73. The molecule has 1 N–H and O–H groups in total. The number of fused-ring (bicyclic) bond motifs is 5. The van der Waals surface area contributed by atoms with Crippen LogP contribution in [0.15, 0.2) is 23.8 Å². The molecule has 0 aliphatic heterocycles. The Labute approximate surface area is 205 Å². The molecule has 5 nitrogen and oxygen atoms in total. The van der Waals surface area contributed by atoms with Gasteiger partial charge in [-0.25, -0.2) is 0 Å². The van der Waals surface area contributed by atoms with Crippen LogP contribution in [0.5, 0.6) is 0 Å². The lowest BCUT2D eigenvalue weighted by atomic mass is 9.44. The van der Waals surface area contributed by atoms with Crippen LogP contribution in [0.4, 0.5) is 13.2 Å². The fourth-order valence-electron chi connectivity index (χ4n) is 7.28. The number of halogens is 5. The Morgan fingerprint density at radius 1 is 1.26 bits per heavy atom. The molecule has 188 valence electrons. The Hall–Kier alpha value is -1.38. The van der Waals surface area contributed by atoms with Gasteiger partial charge in [0.1, 0.15) is 5.60 Å². The van der Waals surface area contributed by atoms with Crippen LogP contribution < -0.4 is 0 Å². The minimum atomic E-state index is -4.62. The number of carbonyl (C=O) groups excluding carboxylic acids is 3. The van der Waals surface area contributed by atoms with Gasteiger partial charge in [-0.1, -0.05) is 19.9 Å². The van der Waals surface area contributed by atoms with E-state index in [4.69, 9.17) is 27.9 Å². The Kier molecular flexibility index (Phi) is 5.90. The fourth-order valence-corrected chi connectivity index (χ4v) is 8.48. The predicted molar refractivity (Wildman–Crippen MR) is 118 cm³/mol. The second-order valence-corrected chi connectivity index (χ2v) is 11.7. The highest BCUT2D eigenvalue weighted by Gasteiger charge is 2.75. The van der Waals surface area contributed by atoms with Crippen molar-refractivity contribution in [3.05, 3.63) is 23.8 Å². The number of hydrogen-bond donors (Lipinski definition) is 1. The van der Waals surface area contributed by atoms with Gasteiger partial charge in [0.15, 0.2) is 12.4 Å². The van der Waals surface area contributed by atoms with Crippen molar-refractivity contribution in [2.24, 2.45) is 28.6 Å². The number of aliphatic hydroxyl groups is 1. The minimum Gasteiger partial charge on any atom is -0.458 e. The van der Waals surface area contributed by atoms with Crippen molar-refractivity contribution < 1.29 is 37.4 Å². The van der Waals surface area contributed by atoms with Crippen LogP contribution in [0.3, 0.4) is 0 Å². The SMILES string of the molecule is CC(=O)OCC(=O)[C@@]1(O)CC[C@H]2[C@@H]3CC(C(F)(F)F)C4=CC(=O)C=C[C@]4(C)[C@@]3(Cl)C(Cl)C[C@@]21C. The molecule has 0 spiro atoms. The van der Waals surface area contributed by atoms with Crippen molar-refractivity contribution >= 4 is 40.7 Å². The predicted octanol–water partition coefficient (Wildman–Crippen LogP) is 4.52. The zero-order valence-electron chi connectivity index (χ0n) is 19.0. The summed E-state index contributed by atoms with van der Waals surface area (Å²) < 4.78 is 47.7. The second kappa shape index (κ2) is 7.81. The number of hydrogen-bond acceptors (Lipinski definition) is 5. The summed E-state index contributed by atoms with van der Waals surface area (Å²) in [5, 5.41) is 10.6. The highest BCUT2D eigenvalue weighted by molar-refractivity contribution is 6.34. The third kappa shape index (κ3) is 3.27. The summed E-state index contributed by atoms with van der Waals surface area (Å²) in [5.74, 6) is -5.14. The molecule has 0 aromatic carbocycles. The molecule has 0 heterocycles. The van der Waals surface area contributed by atoms with E-state index in [9.17, 15) is 32.7 Å². The number of ketones is 2. The van der Waals surface area contributed by atoms with Crippen molar-refractivity contribution in [3.63, 3.8) is 0 Å². The van der Waals surface area contributed by atoms with Crippen molar-refractivity contribution in [2.75, 3.05) is 6.61 Å². The zero-order chi connectivity index (χ0) is 25.5. The standard InChI is InChI=1S/C24H27Cl2F3O5/c1-12(30)34-11-19(32)22(33)7-5-14-16-9-17(24(27,28)29)15-8-13(31)4-6-20(15,2)23(16,26)18(25)10-21(14,22)3/h4,6,8,14,16-18,33H,5,7,9-11H2,1-3H3/t14-,16-,17?,18?,20-,21-,22-,23-/m0/s1. The molecule has 0 aromatic rings. The van der Waals surface area contributed by atoms with E-state index in [2.05, 4.69) is 0 Å². The van der Waals surface area contributed by atoms with Crippen LogP contribution >= 0.6 is 23.2 Å². The molecule has 0 bridgehead atoms. The van der Waals surface area contributed by atoms with Crippen LogP contribution in [-0.4, -0.2) is 51.3 Å². The lowest BCUT2D eigenvalue weighted by Crippen LogP contribution is -2.69. The Morgan fingerprint density at radius 2 is 1.91 bits per heavy atom. The van der Waals surface area contributed by atoms with Gasteiger partial charge in [0, 0.05) is 17.8 Å². The van der Waals surface area contributed by atoms with Crippen molar-refractivity contribution in [2.45, 2.75) is 68.5 Å². The summed E-state index contributed by atoms with van der Waals surface area (Å²) in [6.45, 7) is 3.77. The van der Waals surface area contributed by atoms with Gasteiger partial charge in [-0.15, -0.1) is 23.2 Å². The van der Waals surface area contributed by atoms with E-state index in [0.717, 1.165) is 13.0 Å². The molecular weight excluding hydrogens is 496 g/mol. The summed E-state index contributed by atoms with van der Waals surface area (Å²) in [6, 6.07) is 0. The highest BCUT2D eigenvalue weighted by atomic mass is 35.5. The molecule has 0 radical (unpaired) electrons. The first-order chi connectivity index (χ1) is 15.5. The van der Waals surface area contributed by atoms with Gasteiger partial charge in [-0.2, -0.15) is 13.2 Å². The van der Waals surface area contributed by atoms with E-state index >= 15 is 0 Å². The molecule has 0 saturated heterocycles. The van der Waals surface area contributed by atoms with E-state index in [1.165, 1.54) is 12.2 Å². The maximum atomic E-state index is 14.3. The number of alkyl halides is 5. The Bertz CT molecular complexity index is 1010. The van der Waals surface area contributed by atoms with Crippen molar-refractivity contribution in [3.8, 4) is 0 Å². The number of ether oxygens (including phenoxy) is 1. The maximum absolute atomic E-state index is 14.3. The molecule has 8 atom stereocenters. The fraction of sp³-hybridized carbons (Fsp3) is 0.708. The summed E-state index contributed by atoms with van der Waals surface area (Å²) in [5.41, 5.74) is -4.52. The molecule has 4 rings (SSSR count). The van der Waals surface area contributed by atoms with E-state index in [-0.39, 0.29) is 24.8 Å². The number of esters is 1. The topological polar surface area (TPSA) is 80.7 Å². The summed E-state index contributed by atoms with van der Waals surface area (Å²) >= 11 is 14.2. The van der Waals surface area contributed by atoms with Crippen LogP contribution in [0.2, 0.25) is 0 Å². The molecule has 3 saturated carbocycles. The molecule has 4 aliphatic carbocycles.